The van der Waals surface area contributed by atoms with Crippen LogP contribution in [0.5, 0.6) is 0 Å². The molecule has 0 fully saturated rings. The molecular weight excluding hydrogens is 398 g/mol. The van der Waals surface area contributed by atoms with Gasteiger partial charge in [0.25, 0.3) is 5.56 Å². The van der Waals surface area contributed by atoms with Crippen LogP contribution >= 0.6 is 11.6 Å². The van der Waals surface area contributed by atoms with Crippen molar-refractivity contribution in [3.05, 3.63) is 99.7 Å². The molecule has 30 heavy (non-hydrogen) atoms. The van der Waals surface area contributed by atoms with Crippen molar-refractivity contribution in [2.75, 3.05) is 0 Å². The summed E-state index contributed by atoms with van der Waals surface area (Å²) in [4.78, 5) is 18.3. The fourth-order valence-corrected chi connectivity index (χ4v) is 3.87. The molecule has 0 aliphatic rings. The molecule has 0 unspecified atom stereocenters. The van der Waals surface area contributed by atoms with Gasteiger partial charge in [0.05, 0.1) is 30.0 Å². The van der Waals surface area contributed by atoms with E-state index in [2.05, 4.69) is 0 Å². The van der Waals surface area contributed by atoms with Crippen LogP contribution in [-0.4, -0.2) is 9.55 Å². The van der Waals surface area contributed by atoms with Crippen molar-refractivity contribution in [1.82, 2.24) is 9.55 Å². The molecule has 0 spiro atoms. The quantitative estimate of drug-likeness (QED) is 0.449. The number of nitrogens with zero attached hydrogens (tertiary/aromatic N) is 2. The maximum absolute atomic E-state index is 13.5. The molecule has 2 heterocycles. The number of hydrogen-bond acceptors (Lipinski definition) is 4. The lowest BCUT2D eigenvalue weighted by atomic mass is 10.1. The summed E-state index contributed by atoms with van der Waals surface area (Å²) in [6.45, 7) is 0.819. The molecule has 6 heteroatoms. The third-order valence-electron chi connectivity index (χ3n) is 5.22. The van der Waals surface area contributed by atoms with Crippen molar-refractivity contribution in [2.24, 2.45) is 5.73 Å². The average molecular weight is 416 g/mol. The Balaban J connectivity index is 1.75. The molecule has 0 bridgehead atoms. The fourth-order valence-electron chi connectivity index (χ4n) is 3.70. The third-order valence-corrected chi connectivity index (χ3v) is 5.45. The van der Waals surface area contributed by atoms with Crippen LogP contribution in [0, 0.1) is 0 Å². The monoisotopic (exact) mass is 415 g/mol. The smallest absolute Gasteiger partial charge is 0.262 e. The van der Waals surface area contributed by atoms with E-state index in [1.807, 2.05) is 42.5 Å². The zero-order chi connectivity index (χ0) is 20.7. The van der Waals surface area contributed by atoms with Gasteiger partial charge in [0.1, 0.15) is 5.82 Å². The number of aromatic nitrogens is 2. The largest absolute Gasteiger partial charge is 0.471 e. The average Bonchev–Trinajstić information content (AvgIpc) is 3.24. The summed E-state index contributed by atoms with van der Waals surface area (Å²) >= 11 is 6.15. The number of rotatable bonds is 4. The Morgan fingerprint density at radius 2 is 1.80 bits per heavy atom. The van der Waals surface area contributed by atoms with Crippen LogP contribution in [0.1, 0.15) is 11.1 Å². The van der Waals surface area contributed by atoms with Gasteiger partial charge in [-0.15, -0.1) is 0 Å². The highest BCUT2D eigenvalue weighted by molar-refractivity contribution is 6.31. The summed E-state index contributed by atoms with van der Waals surface area (Å²) in [7, 11) is 0. The van der Waals surface area contributed by atoms with E-state index in [0.717, 1.165) is 27.5 Å². The van der Waals surface area contributed by atoms with Gasteiger partial charge in [-0.3, -0.25) is 9.36 Å². The van der Waals surface area contributed by atoms with E-state index in [-0.39, 0.29) is 5.56 Å². The second-order valence-electron chi connectivity index (χ2n) is 7.23. The molecular formula is C24H18ClN3O2. The van der Waals surface area contributed by atoms with E-state index in [0.29, 0.717) is 34.8 Å². The SMILES string of the molecule is NCc1cccc(Cn2c(-c3ccc4cocc4c3)nc3ccc(Cl)cc3c2=O)c1. The lowest BCUT2D eigenvalue weighted by Crippen LogP contribution is -2.24. The van der Waals surface area contributed by atoms with Crippen LogP contribution in [0.25, 0.3) is 33.1 Å². The predicted molar refractivity (Wildman–Crippen MR) is 120 cm³/mol. The van der Waals surface area contributed by atoms with E-state index in [9.17, 15) is 4.79 Å². The van der Waals surface area contributed by atoms with Gasteiger partial charge in [-0.25, -0.2) is 4.98 Å². The van der Waals surface area contributed by atoms with E-state index < -0.39 is 0 Å². The first-order valence-corrected chi connectivity index (χ1v) is 9.94. The molecule has 2 N–H and O–H groups in total. The Hall–Kier alpha value is -3.41. The van der Waals surface area contributed by atoms with E-state index in [1.165, 1.54) is 0 Å². The van der Waals surface area contributed by atoms with Crippen LogP contribution in [0.2, 0.25) is 5.02 Å². The summed E-state index contributed by atoms with van der Waals surface area (Å²) in [5.41, 5.74) is 9.10. The summed E-state index contributed by atoms with van der Waals surface area (Å²) in [5, 5.41) is 2.95. The predicted octanol–water partition coefficient (Wildman–Crippen LogP) is 4.97. The van der Waals surface area contributed by atoms with Crippen LogP contribution in [0.4, 0.5) is 0 Å². The maximum atomic E-state index is 13.5. The normalized spacial score (nSPS) is 11.4. The van der Waals surface area contributed by atoms with Crippen molar-refractivity contribution in [3.63, 3.8) is 0 Å². The highest BCUT2D eigenvalue weighted by Crippen LogP contribution is 2.26. The van der Waals surface area contributed by atoms with Gasteiger partial charge in [0.15, 0.2) is 0 Å². The molecule has 148 valence electrons. The number of fused-ring (bicyclic) bond motifs is 2. The Labute approximate surface area is 177 Å². The van der Waals surface area contributed by atoms with Gasteiger partial charge < -0.3 is 10.2 Å². The van der Waals surface area contributed by atoms with Gasteiger partial charge in [-0.1, -0.05) is 48.0 Å². The highest BCUT2D eigenvalue weighted by Gasteiger charge is 2.15. The van der Waals surface area contributed by atoms with Gasteiger partial charge in [-0.05, 0) is 35.4 Å². The maximum Gasteiger partial charge on any atom is 0.262 e. The number of hydrogen-bond donors (Lipinski definition) is 1. The highest BCUT2D eigenvalue weighted by atomic mass is 35.5. The minimum Gasteiger partial charge on any atom is -0.471 e. The van der Waals surface area contributed by atoms with Crippen LogP contribution < -0.4 is 11.3 Å². The Morgan fingerprint density at radius 3 is 2.67 bits per heavy atom. The molecule has 3 aromatic carbocycles. The Morgan fingerprint density at radius 1 is 0.967 bits per heavy atom. The van der Waals surface area contributed by atoms with E-state index >= 15 is 0 Å². The number of furan rings is 1. The minimum atomic E-state index is -0.136. The summed E-state index contributed by atoms with van der Waals surface area (Å²) in [6.07, 6.45) is 3.38. The van der Waals surface area contributed by atoms with Gasteiger partial charge >= 0.3 is 0 Å². The van der Waals surface area contributed by atoms with Crippen molar-refractivity contribution in [2.45, 2.75) is 13.1 Å². The summed E-state index contributed by atoms with van der Waals surface area (Å²) < 4.78 is 6.99. The molecule has 0 aliphatic heterocycles. The van der Waals surface area contributed by atoms with Crippen molar-refractivity contribution in [3.8, 4) is 11.4 Å². The third kappa shape index (κ3) is 3.28. The topological polar surface area (TPSA) is 74.1 Å². The van der Waals surface area contributed by atoms with Gasteiger partial charge in [-0.2, -0.15) is 0 Å². The first kappa shape index (κ1) is 18.6. The number of nitrogens with two attached hydrogens (primary N) is 1. The minimum absolute atomic E-state index is 0.136. The van der Waals surface area contributed by atoms with E-state index in [4.69, 9.17) is 26.7 Å². The molecule has 2 aromatic heterocycles. The Kier molecular flexibility index (Phi) is 4.62. The van der Waals surface area contributed by atoms with Crippen LogP contribution in [-0.2, 0) is 13.1 Å². The van der Waals surface area contributed by atoms with Gasteiger partial charge in [0, 0.05) is 27.9 Å². The fraction of sp³-hybridized carbons (Fsp3) is 0.0833. The van der Waals surface area contributed by atoms with Crippen molar-refractivity contribution in [1.29, 1.82) is 0 Å². The van der Waals surface area contributed by atoms with Gasteiger partial charge in [0.2, 0.25) is 0 Å². The standard InChI is InChI=1S/C24H18ClN3O2/c25-20-6-7-22-21(10-20)24(29)28(12-16-3-1-2-15(8-16)11-26)23(27-22)17-4-5-18-13-30-14-19(18)9-17/h1-10,13-14H,11-12,26H2. The molecule has 0 saturated heterocycles. The number of benzene rings is 3. The van der Waals surface area contributed by atoms with Crippen molar-refractivity contribution < 1.29 is 4.42 Å². The van der Waals surface area contributed by atoms with Crippen LogP contribution in [0.3, 0.4) is 0 Å². The summed E-state index contributed by atoms with van der Waals surface area (Å²) in [5.74, 6) is 0.594. The molecule has 0 amide bonds. The first-order valence-electron chi connectivity index (χ1n) is 9.57. The summed E-state index contributed by atoms with van der Waals surface area (Å²) in [6, 6.07) is 19.0. The lowest BCUT2D eigenvalue weighted by Gasteiger charge is -2.15. The van der Waals surface area contributed by atoms with Crippen molar-refractivity contribution >= 4 is 33.3 Å². The first-order chi connectivity index (χ1) is 14.6. The molecule has 0 saturated carbocycles. The zero-order valence-corrected chi connectivity index (χ0v) is 16.8. The lowest BCUT2D eigenvalue weighted by molar-refractivity contribution is 0.572. The Bertz CT molecular complexity index is 1450. The number of halogens is 1. The molecule has 0 radical (unpaired) electrons. The molecule has 5 nitrogen and oxygen atoms in total. The second kappa shape index (κ2) is 7.44. The van der Waals surface area contributed by atoms with Crippen LogP contribution in [0.15, 0.2) is 82.4 Å². The van der Waals surface area contributed by atoms with E-state index in [1.54, 1.807) is 35.3 Å². The molecule has 5 aromatic rings. The molecule has 0 aliphatic carbocycles. The molecule has 5 rings (SSSR count). The second-order valence-corrected chi connectivity index (χ2v) is 7.66. The molecule has 0 atom stereocenters. The zero-order valence-electron chi connectivity index (χ0n) is 16.0.